The Labute approximate surface area is 130 Å². The molecule has 0 aliphatic heterocycles. The van der Waals surface area contributed by atoms with Gasteiger partial charge in [0.15, 0.2) is 0 Å². The van der Waals surface area contributed by atoms with E-state index in [9.17, 15) is 4.39 Å². The van der Waals surface area contributed by atoms with Crippen LogP contribution in [0.1, 0.15) is 25.8 Å². The molecule has 0 aliphatic carbocycles. The number of ether oxygens (including phenoxy) is 1. The topological polar surface area (TPSA) is 21.3 Å². The standard InChI is InChI=1S/C16H25BrFNO/c1-12(2)8-13(11-19-6-7-20-3)9-14-10-15(18)4-5-16(14)17/h4-5,10,12-13,19H,6-9,11H2,1-3H3. The normalized spacial score (nSPS) is 12.9. The van der Waals surface area contributed by atoms with Crippen LogP contribution in [0.4, 0.5) is 4.39 Å². The van der Waals surface area contributed by atoms with Gasteiger partial charge in [-0.05, 0) is 55.0 Å². The first-order valence-corrected chi connectivity index (χ1v) is 7.95. The molecule has 0 saturated carbocycles. The van der Waals surface area contributed by atoms with Gasteiger partial charge >= 0.3 is 0 Å². The van der Waals surface area contributed by atoms with E-state index < -0.39 is 0 Å². The summed E-state index contributed by atoms with van der Waals surface area (Å²) in [6.07, 6.45) is 2.01. The van der Waals surface area contributed by atoms with Crippen LogP contribution in [0.15, 0.2) is 22.7 Å². The van der Waals surface area contributed by atoms with Crippen LogP contribution in [0.25, 0.3) is 0 Å². The number of methoxy groups -OCH3 is 1. The highest BCUT2D eigenvalue weighted by molar-refractivity contribution is 9.10. The van der Waals surface area contributed by atoms with E-state index in [-0.39, 0.29) is 5.82 Å². The third kappa shape index (κ3) is 6.82. The van der Waals surface area contributed by atoms with E-state index in [1.165, 1.54) is 6.07 Å². The van der Waals surface area contributed by atoms with E-state index in [2.05, 4.69) is 35.1 Å². The molecule has 1 atom stereocenters. The molecule has 0 fully saturated rings. The summed E-state index contributed by atoms with van der Waals surface area (Å²) < 4.78 is 19.4. The van der Waals surface area contributed by atoms with Gasteiger partial charge in [0.2, 0.25) is 0 Å². The second-order valence-corrected chi connectivity index (χ2v) is 6.49. The zero-order chi connectivity index (χ0) is 15.0. The van der Waals surface area contributed by atoms with Gasteiger partial charge in [-0.3, -0.25) is 0 Å². The Kier molecular flexibility index (Phi) is 8.34. The molecule has 2 nitrogen and oxygen atoms in total. The summed E-state index contributed by atoms with van der Waals surface area (Å²) in [5.74, 6) is 0.973. The van der Waals surface area contributed by atoms with Crippen molar-refractivity contribution in [2.24, 2.45) is 11.8 Å². The lowest BCUT2D eigenvalue weighted by molar-refractivity contribution is 0.197. The van der Waals surface area contributed by atoms with Gasteiger partial charge in [0, 0.05) is 18.1 Å². The SMILES string of the molecule is COCCNCC(Cc1cc(F)ccc1Br)CC(C)C. The van der Waals surface area contributed by atoms with E-state index in [4.69, 9.17) is 4.74 Å². The number of hydrogen-bond acceptors (Lipinski definition) is 2. The highest BCUT2D eigenvalue weighted by Gasteiger charge is 2.14. The van der Waals surface area contributed by atoms with E-state index in [0.29, 0.717) is 11.8 Å². The predicted octanol–water partition coefficient (Wildman–Crippen LogP) is 4.03. The summed E-state index contributed by atoms with van der Waals surface area (Å²) in [7, 11) is 1.71. The van der Waals surface area contributed by atoms with Crippen molar-refractivity contribution in [2.75, 3.05) is 26.8 Å². The molecule has 20 heavy (non-hydrogen) atoms. The molecule has 1 rings (SSSR count). The minimum Gasteiger partial charge on any atom is -0.383 e. The van der Waals surface area contributed by atoms with Crippen LogP contribution in [-0.4, -0.2) is 26.8 Å². The van der Waals surface area contributed by atoms with Crippen LogP contribution >= 0.6 is 15.9 Å². The number of hydrogen-bond donors (Lipinski definition) is 1. The minimum atomic E-state index is -0.168. The number of nitrogens with one attached hydrogen (secondary N) is 1. The van der Waals surface area contributed by atoms with Crippen LogP contribution in [0, 0.1) is 17.7 Å². The van der Waals surface area contributed by atoms with Gasteiger partial charge in [-0.15, -0.1) is 0 Å². The summed E-state index contributed by atoms with van der Waals surface area (Å²) in [5.41, 5.74) is 1.05. The third-order valence-corrected chi connectivity index (χ3v) is 4.01. The molecule has 0 spiro atoms. The lowest BCUT2D eigenvalue weighted by Crippen LogP contribution is -2.28. The molecule has 0 aliphatic rings. The molecule has 1 unspecified atom stereocenters. The van der Waals surface area contributed by atoms with Crippen molar-refractivity contribution in [3.63, 3.8) is 0 Å². The Hall–Kier alpha value is -0.450. The highest BCUT2D eigenvalue weighted by atomic mass is 79.9. The van der Waals surface area contributed by atoms with Gasteiger partial charge in [0.1, 0.15) is 5.82 Å². The molecule has 0 saturated heterocycles. The summed E-state index contributed by atoms with van der Waals surface area (Å²) in [4.78, 5) is 0. The number of rotatable bonds is 9. The molecule has 0 aromatic heterocycles. The van der Waals surface area contributed by atoms with Gasteiger partial charge in [-0.2, -0.15) is 0 Å². The fourth-order valence-electron chi connectivity index (χ4n) is 2.40. The van der Waals surface area contributed by atoms with Gasteiger partial charge < -0.3 is 10.1 Å². The van der Waals surface area contributed by atoms with Gasteiger partial charge in [-0.25, -0.2) is 4.39 Å². The Morgan fingerprint density at radius 3 is 2.75 bits per heavy atom. The first kappa shape index (κ1) is 17.6. The zero-order valence-corrected chi connectivity index (χ0v) is 14.2. The fraction of sp³-hybridized carbons (Fsp3) is 0.625. The van der Waals surface area contributed by atoms with Gasteiger partial charge in [0.05, 0.1) is 6.61 Å². The minimum absolute atomic E-state index is 0.168. The molecule has 0 bridgehead atoms. The Morgan fingerprint density at radius 2 is 2.10 bits per heavy atom. The lowest BCUT2D eigenvalue weighted by Gasteiger charge is -2.20. The number of benzene rings is 1. The third-order valence-electron chi connectivity index (χ3n) is 3.24. The monoisotopic (exact) mass is 345 g/mol. The van der Waals surface area contributed by atoms with E-state index in [1.54, 1.807) is 19.2 Å². The smallest absolute Gasteiger partial charge is 0.123 e. The van der Waals surface area contributed by atoms with E-state index >= 15 is 0 Å². The molecule has 1 aromatic rings. The van der Waals surface area contributed by atoms with Crippen LogP contribution in [0.2, 0.25) is 0 Å². The molecular weight excluding hydrogens is 321 g/mol. The first-order chi connectivity index (χ1) is 9.52. The Morgan fingerprint density at radius 1 is 1.35 bits per heavy atom. The van der Waals surface area contributed by atoms with Crippen LogP contribution < -0.4 is 5.32 Å². The van der Waals surface area contributed by atoms with Gasteiger partial charge in [0.25, 0.3) is 0 Å². The Balaban J connectivity index is 2.60. The van der Waals surface area contributed by atoms with Crippen LogP contribution in [0.5, 0.6) is 0 Å². The molecule has 0 amide bonds. The van der Waals surface area contributed by atoms with E-state index in [0.717, 1.165) is 42.6 Å². The maximum atomic E-state index is 13.4. The second-order valence-electron chi connectivity index (χ2n) is 5.63. The van der Waals surface area contributed by atoms with E-state index in [1.807, 2.05) is 0 Å². The molecule has 1 N–H and O–H groups in total. The summed E-state index contributed by atoms with van der Waals surface area (Å²) >= 11 is 3.51. The van der Waals surface area contributed by atoms with Crippen molar-refractivity contribution in [2.45, 2.75) is 26.7 Å². The largest absolute Gasteiger partial charge is 0.383 e. The molecular formula is C16H25BrFNO. The average Bonchev–Trinajstić information content (AvgIpc) is 2.38. The molecule has 0 heterocycles. The van der Waals surface area contributed by atoms with Crippen molar-refractivity contribution < 1.29 is 9.13 Å². The van der Waals surface area contributed by atoms with Crippen LogP contribution in [0.3, 0.4) is 0 Å². The predicted molar refractivity (Wildman–Crippen MR) is 85.5 cm³/mol. The molecule has 0 radical (unpaired) electrons. The zero-order valence-electron chi connectivity index (χ0n) is 12.6. The average molecular weight is 346 g/mol. The number of halogens is 2. The maximum absolute atomic E-state index is 13.4. The summed E-state index contributed by atoms with van der Waals surface area (Å²) in [6, 6.07) is 4.91. The van der Waals surface area contributed by atoms with Gasteiger partial charge in [-0.1, -0.05) is 29.8 Å². The van der Waals surface area contributed by atoms with Crippen molar-refractivity contribution in [1.29, 1.82) is 0 Å². The first-order valence-electron chi connectivity index (χ1n) is 7.16. The highest BCUT2D eigenvalue weighted by Crippen LogP contribution is 2.23. The fourth-order valence-corrected chi connectivity index (χ4v) is 2.81. The van der Waals surface area contributed by atoms with Crippen LogP contribution in [-0.2, 0) is 11.2 Å². The summed E-state index contributed by atoms with van der Waals surface area (Å²) in [6.45, 7) is 6.96. The molecule has 1 aromatic carbocycles. The maximum Gasteiger partial charge on any atom is 0.123 e. The van der Waals surface area contributed by atoms with Crippen molar-refractivity contribution in [3.05, 3.63) is 34.1 Å². The Bertz CT molecular complexity index is 398. The van der Waals surface area contributed by atoms with Crippen molar-refractivity contribution in [1.82, 2.24) is 5.32 Å². The summed E-state index contributed by atoms with van der Waals surface area (Å²) in [5, 5.41) is 3.41. The lowest BCUT2D eigenvalue weighted by atomic mass is 9.91. The quantitative estimate of drug-likeness (QED) is 0.682. The van der Waals surface area contributed by atoms with Crippen molar-refractivity contribution >= 4 is 15.9 Å². The van der Waals surface area contributed by atoms with Crippen molar-refractivity contribution in [3.8, 4) is 0 Å². The second kappa shape index (κ2) is 9.48. The molecule has 114 valence electrons. The molecule has 4 heteroatoms.